The van der Waals surface area contributed by atoms with Gasteiger partial charge in [-0.15, -0.1) is 0 Å². The summed E-state index contributed by atoms with van der Waals surface area (Å²) < 4.78 is 0. The second kappa shape index (κ2) is 8.80. The Hall–Kier alpha value is -3.15. The second-order valence-corrected chi connectivity index (χ2v) is 6.18. The van der Waals surface area contributed by atoms with E-state index in [2.05, 4.69) is 5.32 Å². The number of nitrogens with one attached hydrogen (secondary N) is 1. The first-order chi connectivity index (χ1) is 12.4. The number of aryl methyl sites for hydroxylation is 1. The SMILES string of the molecule is CN(C)C(=O)c1ccc(CNC(=O)CCc2ccc(C(=O)O)cc2)cc1. The van der Waals surface area contributed by atoms with Crippen LogP contribution in [0.4, 0.5) is 0 Å². The number of hydrogen-bond acceptors (Lipinski definition) is 3. The highest BCUT2D eigenvalue weighted by atomic mass is 16.4. The second-order valence-electron chi connectivity index (χ2n) is 6.18. The van der Waals surface area contributed by atoms with Crippen LogP contribution in [0.15, 0.2) is 48.5 Å². The molecule has 0 saturated heterocycles. The van der Waals surface area contributed by atoms with E-state index in [-0.39, 0.29) is 17.4 Å². The molecule has 0 unspecified atom stereocenters. The Morgan fingerprint density at radius 1 is 0.885 bits per heavy atom. The maximum Gasteiger partial charge on any atom is 0.335 e. The van der Waals surface area contributed by atoms with Crippen LogP contribution in [-0.2, 0) is 17.8 Å². The average molecular weight is 354 g/mol. The Morgan fingerprint density at radius 3 is 1.96 bits per heavy atom. The van der Waals surface area contributed by atoms with Gasteiger partial charge >= 0.3 is 5.97 Å². The third-order valence-corrected chi connectivity index (χ3v) is 3.94. The minimum Gasteiger partial charge on any atom is -0.478 e. The van der Waals surface area contributed by atoms with Crippen LogP contribution in [0.1, 0.15) is 38.3 Å². The van der Waals surface area contributed by atoms with Gasteiger partial charge in [0.25, 0.3) is 5.91 Å². The van der Waals surface area contributed by atoms with Gasteiger partial charge in [0.1, 0.15) is 0 Å². The van der Waals surface area contributed by atoms with Crippen LogP contribution in [0.2, 0.25) is 0 Å². The molecule has 0 aromatic heterocycles. The molecule has 0 aliphatic heterocycles. The van der Waals surface area contributed by atoms with E-state index in [1.54, 1.807) is 38.4 Å². The molecule has 0 bridgehead atoms. The lowest BCUT2D eigenvalue weighted by Gasteiger charge is -2.11. The van der Waals surface area contributed by atoms with E-state index in [1.165, 1.54) is 17.0 Å². The smallest absolute Gasteiger partial charge is 0.335 e. The van der Waals surface area contributed by atoms with Gasteiger partial charge in [0.2, 0.25) is 5.91 Å². The summed E-state index contributed by atoms with van der Waals surface area (Å²) in [5, 5.41) is 11.7. The van der Waals surface area contributed by atoms with Crippen molar-refractivity contribution in [2.75, 3.05) is 14.1 Å². The van der Waals surface area contributed by atoms with Gasteiger partial charge < -0.3 is 15.3 Å². The van der Waals surface area contributed by atoms with Crippen molar-refractivity contribution in [1.29, 1.82) is 0 Å². The summed E-state index contributed by atoms with van der Waals surface area (Å²) in [5.41, 5.74) is 2.67. The van der Waals surface area contributed by atoms with E-state index in [0.717, 1.165) is 11.1 Å². The summed E-state index contributed by atoms with van der Waals surface area (Å²) in [6, 6.07) is 13.6. The highest BCUT2D eigenvalue weighted by molar-refractivity contribution is 5.93. The fourth-order valence-electron chi connectivity index (χ4n) is 2.38. The van der Waals surface area contributed by atoms with Crippen LogP contribution in [0.25, 0.3) is 0 Å². The first kappa shape index (κ1) is 19.2. The Balaban J connectivity index is 1.79. The molecule has 0 radical (unpaired) electrons. The van der Waals surface area contributed by atoms with Gasteiger partial charge in [-0.1, -0.05) is 24.3 Å². The summed E-state index contributed by atoms with van der Waals surface area (Å²) in [6.07, 6.45) is 0.867. The van der Waals surface area contributed by atoms with Crippen molar-refractivity contribution in [3.05, 3.63) is 70.8 Å². The molecule has 2 rings (SSSR count). The molecule has 26 heavy (non-hydrogen) atoms. The van der Waals surface area contributed by atoms with Crippen molar-refractivity contribution in [3.8, 4) is 0 Å². The zero-order valence-corrected chi connectivity index (χ0v) is 14.9. The topological polar surface area (TPSA) is 86.7 Å². The molecule has 136 valence electrons. The summed E-state index contributed by atoms with van der Waals surface area (Å²) in [7, 11) is 3.40. The number of rotatable bonds is 7. The first-order valence-electron chi connectivity index (χ1n) is 8.26. The van der Waals surface area contributed by atoms with Crippen LogP contribution in [0.3, 0.4) is 0 Å². The Labute approximate surface area is 152 Å². The fraction of sp³-hybridized carbons (Fsp3) is 0.250. The molecular formula is C20H22N2O4. The van der Waals surface area contributed by atoms with Gasteiger partial charge in [0.05, 0.1) is 5.56 Å². The number of carbonyl (C=O) groups excluding carboxylic acids is 2. The monoisotopic (exact) mass is 354 g/mol. The first-order valence-corrected chi connectivity index (χ1v) is 8.26. The molecular weight excluding hydrogens is 332 g/mol. The molecule has 0 spiro atoms. The molecule has 2 aromatic rings. The van der Waals surface area contributed by atoms with Crippen molar-refractivity contribution in [2.24, 2.45) is 0 Å². The number of benzene rings is 2. The maximum absolute atomic E-state index is 12.0. The third kappa shape index (κ3) is 5.44. The lowest BCUT2D eigenvalue weighted by molar-refractivity contribution is -0.121. The molecule has 2 amide bonds. The molecule has 2 aromatic carbocycles. The van der Waals surface area contributed by atoms with Crippen molar-refractivity contribution >= 4 is 17.8 Å². The maximum atomic E-state index is 12.0. The highest BCUT2D eigenvalue weighted by Gasteiger charge is 2.08. The van der Waals surface area contributed by atoms with Gasteiger partial charge in [0.15, 0.2) is 0 Å². The molecule has 0 atom stereocenters. The molecule has 6 nitrogen and oxygen atoms in total. The standard InChI is InChI=1S/C20H22N2O4/c1-22(2)19(24)16-8-5-15(6-9-16)13-21-18(23)12-7-14-3-10-17(11-4-14)20(25)26/h3-6,8-11H,7,12-13H2,1-2H3,(H,21,23)(H,25,26). The van der Waals surface area contributed by atoms with E-state index < -0.39 is 5.97 Å². The van der Waals surface area contributed by atoms with Crippen LogP contribution in [0.5, 0.6) is 0 Å². The average Bonchev–Trinajstić information content (AvgIpc) is 2.64. The predicted octanol–water partition coefficient (Wildman–Crippen LogP) is 2.34. The lowest BCUT2D eigenvalue weighted by Crippen LogP contribution is -2.23. The number of nitrogens with zero attached hydrogens (tertiary/aromatic N) is 1. The third-order valence-electron chi connectivity index (χ3n) is 3.94. The van der Waals surface area contributed by atoms with Crippen molar-refractivity contribution < 1.29 is 19.5 Å². The van der Waals surface area contributed by atoms with Crippen LogP contribution < -0.4 is 5.32 Å². The number of carboxylic acids is 1. The molecule has 6 heteroatoms. The van der Waals surface area contributed by atoms with E-state index in [4.69, 9.17) is 5.11 Å². The number of hydrogen-bond donors (Lipinski definition) is 2. The summed E-state index contributed by atoms with van der Waals surface area (Å²) in [4.78, 5) is 36.1. The van der Waals surface area contributed by atoms with Gasteiger partial charge in [-0.2, -0.15) is 0 Å². The van der Waals surface area contributed by atoms with Crippen molar-refractivity contribution in [1.82, 2.24) is 10.2 Å². The highest BCUT2D eigenvalue weighted by Crippen LogP contribution is 2.08. The van der Waals surface area contributed by atoms with Crippen LogP contribution in [0, 0.1) is 0 Å². The summed E-state index contributed by atoms with van der Waals surface area (Å²) >= 11 is 0. The van der Waals surface area contributed by atoms with Gasteiger partial charge in [-0.05, 0) is 41.8 Å². The van der Waals surface area contributed by atoms with E-state index in [0.29, 0.717) is 24.9 Å². The largest absolute Gasteiger partial charge is 0.478 e. The molecule has 0 heterocycles. The molecule has 2 N–H and O–H groups in total. The van der Waals surface area contributed by atoms with Crippen LogP contribution in [-0.4, -0.2) is 41.9 Å². The minimum absolute atomic E-state index is 0.0606. The molecule has 0 saturated carbocycles. The lowest BCUT2D eigenvalue weighted by atomic mass is 10.1. The zero-order valence-electron chi connectivity index (χ0n) is 14.9. The van der Waals surface area contributed by atoms with Gasteiger partial charge in [0, 0.05) is 32.6 Å². The molecule has 0 aliphatic rings. The van der Waals surface area contributed by atoms with Gasteiger partial charge in [-0.25, -0.2) is 4.79 Å². The van der Waals surface area contributed by atoms with E-state index in [9.17, 15) is 14.4 Å². The minimum atomic E-state index is -0.965. The normalized spacial score (nSPS) is 10.2. The fourth-order valence-corrected chi connectivity index (χ4v) is 2.38. The predicted molar refractivity (Wildman–Crippen MR) is 98.0 cm³/mol. The van der Waals surface area contributed by atoms with E-state index in [1.807, 2.05) is 12.1 Å². The molecule has 0 fully saturated rings. The summed E-state index contributed by atoms with van der Waals surface area (Å²) in [5.74, 6) is -1.11. The molecule has 0 aliphatic carbocycles. The Kier molecular flexibility index (Phi) is 6.49. The van der Waals surface area contributed by atoms with Crippen molar-refractivity contribution in [3.63, 3.8) is 0 Å². The van der Waals surface area contributed by atoms with Crippen LogP contribution >= 0.6 is 0 Å². The summed E-state index contributed by atoms with van der Waals surface area (Å²) in [6.45, 7) is 0.396. The quantitative estimate of drug-likeness (QED) is 0.799. The number of carboxylic acid groups (broad SMARTS) is 1. The zero-order chi connectivity index (χ0) is 19.1. The number of aromatic carboxylic acids is 1. The number of amides is 2. The van der Waals surface area contributed by atoms with E-state index >= 15 is 0 Å². The Morgan fingerprint density at radius 2 is 1.42 bits per heavy atom. The Bertz CT molecular complexity index is 780. The van der Waals surface area contributed by atoms with Crippen molar-refractivity contribution in [2.45, 2.75) is 19.4 Å². The number of carbonyl (C=O) groups is 3. The van der Waals surface area contributed by atoms with Gasteiger partial charge in [-0.3, -0.25) is 9.59 Å².